The standard InChI is InChI=1S/C17H24F3N3S/c1-23(2)16(10-6-3-7-11-16)12-21-15(24)22-14-9-5-4-8-13(14)17(18,19)20/h4-5,8-9H,3,6-7,10-12H2,1-2H3,(H2,21,22,24)/p+1. The highest BCUT2D eigenvalue weighted by Crippen LogP contribution is 2.34. The highest BCUT2D eigenvalue weighted by Gasteiger charge is 2.38. The van der Waals surface area contributed by atoms with Gasteiger partial charge in [0.15, 0.2) is 5.11 Å². The van der Waals surface area contributed by atoms with Gasteiger partial charge in [-0.3, -0.25) is 0 Å². The Labute approximate surface area is 146 Å². The number of nitrogens with one attached hydrogen (secondary N) is 3. The van der Waals surface area contributed by atoms with Crippen LogP contribution in [0, 0.1) is 0 Å². The third-order valence-corrected chi connectivity index (χ3v) is 5.19. The lowest BCUT2D eigenvalue weighted by Gasteiger charge is -2.40. The van der Waals surface area contributed by atoms with Crippen LogP contribution in [0.3, 0.4) is 0 Å². The van der Waals surface area contributed by atoms with Crippen LogP contribution in [-0.4, -0.2) is 31.3 Å². The summed E-state index contributed by atoms with van der Waals surface area (Å²) in [5.41, 5.74) is -0.634. The van der Waals surface area contributed by atoms with E-state index in [4.69, 9.17) is 12.2 Å². The summed E-state index contributed by atoms with van der Waals surface area (Å²) in [6.07, 6.45) is 1.41. The van der Waals surface area contributed by atoms with Gasteiger partial charge in [0.2, 0.25) is 0 Å². The summed E-state index contributed by atoms with van der Waals surface area (Å²) < 4.78 is 39.1. The van der Waals surface area contributed by atoms with Crippen LogP contribution in [-0.2, 0) is 6.18 Å². The number of thiocarbonyl (C=S) groups is 1. The molecule has 3 N–H and O–H groups in total. The molecule has 0 spiro atoms. The van der Waals surface area contributed by atoms with E-state index in [1.807, 2.05) is 0 Å². The van der Waals surface area contributed by atoms with E-state index in [1.165, 1.54) is 36.3 Å². The zero-order valence-corrected chi connectivity index (χ0v) is 14.9. The van der Waals surface area contributed by atoms with Crippen LogP contribution in [0.15, 0.2) is 24.3 Å². The van der Waals surface area contributed by atoms with Gasteiger partial charge in [-0.15, -0.1) is 0 Å². The molecule has 3 nitrogen and oxygen atoms in total. The molecule has 134 valence electrons. The highest BCUT2D eigenvalue weighted by molar-refractivity contribution is 7.80. The number of hydrogen-bond donors (Lipinski definition) is 3. The summed E-state index contributed by atoms with van der Waals surface area (Å²) in [6.45, 7) is 0.662. The first-order chi connectivity index (χ1) is 11.2. The summed E-state index contributed by atoms with van der Waals surface area (Å²) in [5.74, 6) is 0. The average molecular weight is 360 g/mol. The van der Waals surface area contributed by atoms with Gasteiger partial charge in [-0.1, -0.05) is 18.6 Å². The van der Waals surface area contributed by atoms with Gasteiger partial charge < -0.3 is 15.5 Å². The lowest BCUT2D eigenvalue weighted by atomic mass is 9.80. The molecule has 1 aromatic carbocycles. The zero-order chi connectivity index (χ0) is 17.8. The molecule has 1 aliphatic rings. The minimum absolute atomic E-state index is 0.0163. The first-order valence-electron chi connectivity index (χ1n) is 8.26. The minimum atomic E-state index is -4.41. The van der Waals surface area contributed by atoms with Crippen LogP contribution in [0.25, 0.3) is 0 Å². The molecule has 7 heteroatoms. The molecule has 0 atom stereocenters. The fourth-order valence-corrected chi connectivity index (χ4v) is 3.52. The second-order valence-electron chi connectivity index (χ2n) is 6.69. The largest absolute Gasteiger partial charge is 0.418 e. The van der Waals surface area contributed by atoms with Gasteiger partial charge in [-0.25, -0.2) is 0 Å². The Balaban J connectivity index is 2.01. The molecule has 24 heavy (non-hydrogen) atoms. The number of alkyl halides is 3. The molecule has 0 amide bonds. The molecule has 1 saturated carbocycles. The number of hydrogen-bond acceptors (Lipinski definition) is 1. The SMILES string of the molecule is C[NH+](C)C1(CNC(=S)Nc2ccccc2C(F)(F)F)CCCCC1. The number of likely N-dealkylation sites (N-methyl/N-ethyl adjacent to an activating group) is 1. The number of halogens is 3. The molecule has 0 bridgehead atoms. The van der Waals surface area contributed by atoms with Gasteiger partial charge in [0.05, 0.1) is 31.9 Å². The third kappa shape index (κ3) is 4.60. The summed E-state index contributed by atoms with van der Waals surface area (Å²) in [7, 11) is 4.25. The maximum absolute atomic E-state index is 13.0. The third-order valence-electron chi connectivity index (χ3n) is 4.94. The number of anilines is 1. The maximum atomic E-state index is 13.0. The minimum Gasteiger partial charge on any atom is -0.356 e. The Hall–Kier alpha value is -1.34. The van der Waals surface area contributed by atoms with Crippen LogP contribution in [0.2, 0.25) is 0 Å². The van der Waals surface area contributed by atoms with E-state index in [0.29, 0.717) is 6.54 Å². The smallest absolute Gasteiger partial charge is 0.356 e. The average Bonchev–Trinajstić information content (AvgIpc) is 2.53. The van der Waals surface area contributed by atoms with Crippen molar-refractivity contribution in [3.8, 4) is 0 Å². The lowest BCUT2D eigenvalue weighted by Crippen LogP contribution is -3.16. The van der Waals surface area contributed by atoms with Crippen LogP contribution in [0.5, 0.6) is 0 Å². The molecule has 0 heterocycles. The van der Waals surface area contributed by atoms with Crippen molar-refractivity contribution < 1.29 is 18.1 Å². The molecule has 1 aliphatic carbocycles. The van der Waals surface area contributed by atoms with E-state index in [0.717, 1.165) is 18.9 Å². The van der Waals surface area contributed by atoms with Crippen LogP contribution >= 0.6 is 12.2 Å². The molecule has 0 saturated heterocycles. The Morgan fingerprint density at radius 1 is 1.17 bits per heavy atom. The summed E-state index contributed by atoms with van der Waals surface area (Å²) in [6, 6.07) is 5.38. The van der Waals surface area contributed by atoms with Crippen molar-refractivity contribution in [3.05, 3.63) is 29.8 Å². The van der Waals surface area contributed by atoms with Crippen molar-refractivity contribution >= 4 is 23.0 Å². The van der Waals surface area contributed by atoms with Gasteiger partial charge in [-0.05, 0) is 37.2 Å². The Kier molecular flexibility index (Phi) is 6.09. The first-order valence-corrected chi connectivity index (χ1v) is 8.67. The zero-order valence-electron chi connectivity index (χ0n) is 14.1. The van der Waals surface area contributed by atoms with E-state index in [9.17, 15) is 13.2 Å². The topological polar surface area (TPSA) is 28.5 Å². The molecule has 1 fully saturated rings. The van der Waals surface area contributed by atoms with Gasteiger partial charge in [0, 0.05) is 12.8 Å². The molecule has 2 rings (SSSR count). The van der Waals surface area contributed by atoms with E-state index in [2.05, 4.69) is 24.7 Å². The van der Waals surface area contributed by atoms with Crippen molar-refractivity contribution in [2.45, 2.75) is 43.8 Å². The Morgan fingerprint density at radius 2 is 1.79 bits per heavy atom. The second kappa shape index (κ2) is 7.70. The van der Waals surface area contributed by atoms with Crippen molar-refractivity contribution in [3.63, 3.8) is 0 Å². The van der Waals surface area contributed by atoms with Crippen LogP contribution in [0.1, 0.15) is 37.7 Å². The molecule has 0 aromatic heterocycles. The molecular formula is C17H25F3N3S+. The van der Waals surface area contributed by atoms with E-state index in [1.54, 1.807) is 6.07 Å². The summed E-state index contributed by atoms with van der Waals surface area (Å²) in [5, 5.41) is 6.07. The summed E-state index contributed by atoms with van der Waals surface area (Å²) >= 11 is 5.22. The molecule has 0 unspecified atom stereocenters. The fraction of sp³-hybridized carbons (Fsp3) is 0.588. The number of benzene rings is 1. The molecular weight excluding hydrogens is 335 g/mol. The van der Waals surface area contributed by atoms with E-state index < -0.39 is 11.7 Å². The van der Waals surface area contributed by atoms with E-state index >= 15 is 0 Å². The van der Waals surface area contributed by atoms with Gasteiger partial charge in [0.25, 0.3) is 0 Å². The molecule has 0 aliphatic heterocycles. The maximum Gasteiger partial charge on any atom is 0.418 e. The predicted molar refractivity (Wildman–Crippen MR) is 94.3 cm³/mol. The lowest BCUT2D eigenvalue weighted by molar-refractivity contribution is -0.916. The number of quaternary nitrogens is 1. The highest BCUT2D eigenvalue weighted by atomic mass is 32.1. The monoisotopic (exact) mass is 360 g/mol. The fourth-order valence-electron chi connectivity index (χ4n) is 3.34. The Morgan fingerprint density at radius 3 is 2.38 bits per heavy atom. The normalized spacial score (nSPS) is 17.6. The van der Waals surface area contributed by atoms with Crippen molar-refractivity contribution in [1.82, 2.24) is 5.32 Å². The first kappa shape index (κ1) is 19.0. The number of para-hydroxylation sites is 1. The van der Waals surface area contributed by atoms with Crippen LogP contribution < -0.4 is 15.5 Å². The molecule has 1 aromatic rings. The van der Waals surface area contributed by atoms with Crippen molar-refractivity contribution in [2.24, 2.45) is 0 Å². The predicted octanol–water partition coefficient (Wildman–Crippen LogP) is 2.84. The van der Waals surface area contributed by atoms with Crippen LogP contribution in [0.4, 0.5) is 18.9 Å². The quantitative estimate of drug-likeness (QED) is 0.721. The molecule has 0 radical (unpaired) electrons. The Bertz CT molecular complexity index is 566. The van der Waals surface area contributed by atoms with E-state index in [-0.39, 0.29) is 16.3 Å². The van der Waals surface area contributed by atoms with Crippen molar-refractivity contribution in [1.29, 1.82) is 0 Å². The second-order valence-corrected chi connectivity index (χ2v) is 7.10. The van der Waals surface area contributed by atoms with Crippen molar-refractivity contribution in [2.75, 3.05) is 26.0 Å². The summed E-state index contributed by atoms with van der Waals surface area (Å²) in [4.78, 5) is 1.35. The number of rotatable bonds is 4. The van der Waals surface area contributed by atoms with Gasteiger partial charge >= 0.3 is 6.18 Å². The van der Waals surface area contributed by atoms with Gasteiger partial charge in [-0.2, -0.15) is 13.2 Å². The van der Waals surface area contributed by atoms with Gasteiger partial charge in [0.1, 0.15) is 5.54 Å².